The number of amides is 1. The molecule has 3 N–H and O–H groups in total. The number of carbonyl (C=O) groups is 1. The predicted molar refractivity (Wildman–Crippen MR) is 67.7 cm³/mol. The summed E-state index contributed by atoms with van der Waals surface area (Å²) in [5, 5.41) is 2.93. The van der Waals surface area contributed by atoms with Crippen LogP contribution in [0.1, 0.15) is 50.3 Å². The minimum atomic E-state index is -0.208. The Labute approximate surface area is 107 Å². The number of rotatable bonds is 3. The predicted octanol–water partition coefficient (Wildman–Crippen LogP) is 1.68. The van der Waals surface area contributed by atoms with Crippen LogP contribution in [0.3, 0.4) is 0 Å². The Bertz CT molecular complexity index is 416. The molecule has 1 amide bonds. The van der Waals surface area contributed by atoms with Crippen LogP contribution in [0.2, 0.25) is 0 Å². The Hall–Kier alpha value is -1.36. The van der Waals surface area contributed by atoms with Crippen LogP contribution >= 0.6 is 0 Å². The molecule has 3 unspecified atom stereocenters. The number of oxazole rings is 1. The molecule has 0 radical (unpaired) electrons. The summed E-state index contributed by atoms with van der Waals surface area (Å²) in [6, 6.07) is -0.224. The Morgan fingerprint density at radius 3 is 2.89 bits per heavy atom. The standard InChI is InChI=1S/C13H21N3O2/c1-8-7-15-13(18-8)9(2)16-12(17)10-5-3-4-6-11(10)14/h7,9-11H,3-6,14H2,1-2H3,(H,16,17). The first kappa shape index (κ1) is 13.1. The van der Waals surface area contributed by atoms with Gasteiger partial charge in [0.25, 0.3) is 0 Å². The molecule has 1 aliphatic carbocycles. The molecule has 1 heterocycles. The van der Waals surface area contributed by atoms with Crippen LogP contribution in [0.4, 0.5) is 0 Å². The molecule has 0 spiro atoms. The van der Waals surface area contributed by atoms with Crippen LogP contribution in [0.15, 0.2) is 10.6 Å². The van der Waals surface area contributed by atoms with E-state index in [1.807, 2.05) is 13.8 Å². The summed E-state index contributed by atoms with van der Waals surface area (Å²) in [5.74, 6) is 1.24. The van der Waals surface area contributed by atoms with Gasteiger partial charge in [0, 0.05) is 6.04 Å². The van der Waals surface area contributed by atoms with Gasteiger partial charge in [0.2, 0.25) is 11.8 Å². The summed E-state index contributed by atoms with van der Waals surface area (Å²) in [6.07, 6.45) is 5.68. The van der Waals surface area contributed by atoms with Gasteiger partial charge < -0.3 is 15.5 Å². The van der Waals surface area contributed by atoms with E-state index in [0.717, 1.165) is 31.4 Å². The molecule has 18 heavy (non-hydrogen) atoms. The van der Waals surface area contributed by atoms with Gasteiger partial charge in [-0.25, -0.2) is 4.98 Å². The van der Waals surface area contributed by atoms with E-state index in [9.17, 15) is 4.79 Å². The summed E-state index contributed by atoms with van der Waals surface area (Å²) < 4.78 is 5.40. The van der Waals surface area contributed by atoms with E-state index in [2.05, 4.69) is 10.3 Å². The lowest BCUT2D eigenvalue weighted by atomic mass is 9.84. The minimum Gasteiger partial charge on any atom is -0.444 e. The maximum Gasteiger partial charge on any atom is 0.225 e. The maximum atomic E-state index is 12.1. The smallest absolute Gasteiger partial charge is 0.225 e. The van der Waals surface area contributed by atoms with Crippen LogP contribution in [-0.2, 0) is 4.79 Å². The van der Waals surface area contributed by atoms with Gasteiger partial charge in [-0.1, -0.05) is 12.8 Å². The number of hydrogen-bond acceptors (Lipinski definition) is 4. The normalized spacial score (nSPS) is 25.7. The van der Waals surface area contributed by atoms with E-state index >= 15 is 0 Å². The van der Waals surface area contributed by atoms with E-state index in [4.69, 9.17) is 10.2 Å². The number of nitrogens with zero attached hydrogens (tertiary/aromatic N) is 1. The SMILES string of the molecule is Cc1cnc(C(C)NC(=O)C2CCCCC2N)o1. The number of carbonyl (C=O) groups excluding carboxylic acids is 1. The van der Waals surface area contributed by atoms with Crippen LogP contribution in [0, 0.1) is 12.8 Å². The molecule has 0 aromatic carbocycles. The van der Waals surface area contributed by atoms with E-state index in [1.165, 1.54) is 0 Å². The average molecular weight is 251 g/mol. The van der Waals surface area contributed by atoms with Gasteiger partial charge in [-0.2, -0.15) is 0 Å². The Balaban J connectivity index is 1.94. The number of nitrogens with one attached hydrogen (secondary N) is 1. The summed E-state index contributed by atoms with van der Waals surface area (Å²) in [4.78, 5) is 16.3. The van der Waals surface area contributed by atoms with Crippen molar-refractivity contribution in [2.45, 2.75) is 51.6 Å². The maximum absolute atomic E-state index is 12.1. The lowest BCUT2D eigenvalue weighted by molar-refractivity contribution is -0.127. The fraction of sp³-hybridized carbons (Fsp3) is 0.692. The highest BCUT2D eigenvalue weighted by molar-refractivity contribution is 5.79. The van der Waals surface area contributed by atoms with E-state index in [-0.39, 0.29) is 23.9 Å². The summed E-state index contributed by atoms with van der Waals surface area (Å²) in [7, 11) is 0. The molecular weight excluding hydrogens is 230 g/mol. The number of nitrogens with two attached hydrogens (primary N) is 1. The molecule has 5 nitrogen and oxygen atoms in total. The highest BCUT2D eigenvalue weighted by atomic mass is 16.4. The van der Waals surface area contributed by atoms with Gasteiger partial charge in [-0.3, -0.25) is 4.79 Å². The zero-order valence-electron chi connectivity index (χ0n) is 11.0. The molecule has 5 heteroatoms. The molecule has 1 aliphatic rings. The van der Waals surface area contributed by atoms with Crippen molar-refractivity contribution >= 4 is 5.91 Å². The Kier molecular flexibility index (Phi) is 4.01. The quantitative estimate of drug-likeness (QED) is 0.856. The van der Waals surface area contributed by atoms with E-state index < -0.39 is 0 Å². The number of hydrogen-bond donors (Lipinski definition) is 2. The molecule has 0 bridgehead atoms. The van der Waals surface area contributed by atoms with Crippen molar-refractivity contribution in [1.29, 1.82) is 0 Å². The van der Waals surface area contributed by atoms with Gasteiger partial charge in [0.15, 0.2) is 0 Å². The second-order valence-corrected chi connectivity index (χ2v) is 5.09. The van der Waals surface area contributed by atoms with Gasteiger partial charge in [-0.05, 0) is 26.7 Å². The molecule has 1 aromatic rings. The highest BCUT2D eigenvalue weighted by Crippen LogP contribution is 2.24. The van der Waals surface area contributed by atoms with Gasteiger partial charge >= 0.3 is 0 Å². The molecule has 1 saturated carbocycles. The minimum absolute atomic E-state index is 0.0164. The first-order valence-corrected chi connectivity index (χ1v) is 6.56. The van der Waals surface area contributed by atoms with E-state index in [0.29, 0.717) is 5.89 Å². The molecule has 2 rings (SSSR count). The van der Waals surface area contributed by atoms with Crippen LogP contribution < -0.4 is 11.1 Å². The van der Waals surface area contributed by atoms with Crippen LogP contribution in [-0.4, -0.2) is 16.9 Å². The van der Waals surface area contributed by atoms with Crippen LogP contribution in [0.25, 0.3) is 0 Å². The van der Waals surface area contributed by atoms with Crippen molar-refractivity contribution in [1.82, 2.24) is 10.3 Å². The fourth-order valence-corrected chi connectivity index (χ4v) is 2.44. The van der Waals surface area contributed by atoms with Crippen molar-refractivity contribution in [2.24, 2.45) is 11.7 Å². The monoisotopic (exact) mass is 251 g/mol. The second-order valence-electron chi connectivity index (χ2n) is 5.09. The van der Waals surface area contributed by atoms with Crippen molar-refractivity contribution in [3.05, 3.63) is 17.8 Å². The topological polar surface area (TPSA) is 81.2 Å². The van der Waals surface area contributed by atoms with Gasteiger partial charge in [0.05, 0.1) is 12.1 Å². The van der Waals surface area contributed by atoms with E-state index in [1.54, 1.807) is 6.20 Å². The molecule has 100 valence electrons. The van der Waals surface area contributed by atoms with Crippen molar-refractivity contribution in [3.8, 4) is 0 Å². The molecule has 1 fully saturated rings. The fourth-order valence-electron chi connectivity index (χ4n) is 2.44. The second kappa shape index (κ2) is 5.52. The molecular formula is C13H21N3O2. The van der Waals surface area contributed by atoms with Crippen molar-refractivity contribution in [2.75, 3.05) is 0 Å². The third-order valence-corrected chi connectivity index (χ3v) is 3.52. The molecule has 0 aliphatic heterocycles. The summed E-state index contributed by atoms with van der Waals surface area (Å²) >= 11 is 0. The third-order valence-electron chi connectivity index (χ3n) is 3.52. The number of aromatic nitrogens is 1. The zero-order valence-corrected chi connectivity index (χ0v) is 11.0. The molecule has 3 atom stereocenters. The Morgan fingerprint density at radius 2 is 2.28 bits per heavy atom. The zero-order chi connectivity index (χ0) is 13.1. The van der Waals surface area contributed by atoms with Gasteiger partial charge in [0.1, 0.15) is 11.8 Å². The summed E-state index contributed by atoms with van der Waals surface area (Å²) in [6.45, 7) is 3.71. The first-order valence-electron chi connectivity index (χ1n) is 6.56. The van der Waals surface area contributed by atoms with Gasteiger partial charge in [-0.15, -0.1) is 0 Å². The van der Waals surface area contributed by atoms with Crippen molar-refractivity contribution < 1.29 is 9.21 Å². The first-order chi connectivity index (χ1) is 8.58. The molecule has 0 saturated heterocycles. The lowest BCUT2D eigenvalue weighted by Crippen LogP contribution is -2.44. The summed E-state index contributed by atoms with van der Waals surface area (Å²) in [5.41, 5.74) is 6.00. The lowest BCUT2D eigenvalue weighted by Gasteiger charge is -2.28. The largest absolute Gasteiger partial charge is 0.444 e. The number of aryl methyl sites for hydroxylation is 1. The Morgan fingerprint density at radius 1 is 1.56 bits per heavy atom. The third kappa shape index (κ3) is 2.90. The van der Waals surface area contributed by atoms with Crippen LogP contribution in [0.5, 0.6) is 0 Å². The average Bonchev–Trinajstić information content (AvgIpc) is 2.76. The van der Waals surface area contributed by atoms with Crippen molar-refractivity contribution in [3.63, 3.8) is 0 Å². The molecule has 1 aromatic heterocycles. The highest BCUT2D eigenvalue weighted by Gasteiger charge is 2.29.